The van der Waals surface area contributed by atoms with Gasteiger partial charge in [0.2, 0.25) is 5.91 Å². The monoisotopic (exact) mass is 303 g/mol. The van der Waals surface area contributed by atoms with Gasteiger partial charge >= 0.3 is 0 Å². The van der Waals surface area contributed by atoms with E-state index in [1.54, 1.807) is 7.11 Å². The average molecular weight is 303 g/mol. The normalized spacial score (nSPS) is 16.7. The van der Waals surface area contributed by atoms with Crippen molar-refractivity contribution >= 4 is 22.4 Å². The van der Waals surface area contributed by atoms with Crippen LogP contribution in [0.25, 0.3) is 10.8 Å². The average Bonchev–Trinajstić information content (AvgIpc) is 2.61. The Morgan fingerprint density at radius 1 is 1.00 bits per heavy atom. The van der Waals surface area contributed by atoms with E-state index in [0.29, 0.717) is 6.42 Å². The van der Waals surface area contributed by atoms with Crippen molar-refractivity contribution in [3.63, 3.8) is 0 Å². The number of fused-ring (bicyclic) bond motifs is 3. The van der Waals surface area contributed by atoms with Gasteiger partial charge in [0.25, 0.3) is 0 Å². The lowest BCUT2D eigenvalue weighted by atomic mass is 9.83. The van der Waals surface area contributed by atoms with E-state index in [9.17, 15) is 4.79 Å². The summed E-state index contributed by atoms with van der Waals surface area (Å²) in [4.78, 5) is 12.2. The molecular weight excluding hydrogens is 286 g/mol. The Bertz CT molecular complexity index is 884. The standard InChI is InChI=1S/C20H17NO2/c1-23-15-9-6-14(7-10-15)18-12-19(22)21-20-16-5-3-2-4-13(16)8-11-17(18)20/h2-11,18H,12H2,1H3,(H,21,22)/t18-/m0/s1. The minimum atomic E-state index is 0.0645. The summed E-state index contributed by atoms with van der Waals surface area (Å²) in [6.07, 6.45) is 0.470. The first-order chi connectivity index (χ1) is 11.3. The van der Waals surface area contributed by atoms with Crippen LogP contribution in [0, 0.1) is 0 Å². The third-order valence-electron chi connectivity index (χ3n) is 4.51. The van der Waals surface area contributed by atoms with Crippen molar-refractivity contribution in [3.8, 4) is 5.75 Å². The number of ether oxygens (including phenoxy) is 1. The lowest BCUT2D eigenvalue weighted by Crippen LogP contribution is -2.23. The van der Waals surface area contributed by atoms with Crippen LogP contribution in [0.2, 0.25) is 0 Å². The summed E-state index contributed by atoms with van der Waals surface area (Å²) in [6, 6.07) is 20.4. The molecule has 0 unspecified atom stereocenters. The quantitative estimate of drug-likeness (QED) is 0.765. The summed E-state index contributed by atoms with van der Waals surface area (Å²) in [6.45, 7) is 0. The molecule has 3 nitrogen and oxygen atoms in total. The molecule has 0 aliphatic carbocycles. The van der Waals surface area contributed by atoms with Crippen LogP contribution in [-0.2, 0) is 4.79 Å². The molecule has 114 valence electrons. The highest BCUT2D eigenvalue weighted by atomic mass is 16.5. The fourth-order valence-electron chi connectivity index (χ4n) is 3.34. The predicted octanol–water partition coefficient (Wildman–Crippen LogP) is 4.32. The maximum absolute atomic E-state index is 12.2. The molecule has 0 radical (unpaired) electrons. The second-order valence-electron chi connectivity index (χ2n) is 5.83. The maximum atomic E-state index is 12.2. The fraction of sp³-hybridized carbons (Fsp3) is 0.150. The van der Waals surface area contributed by atoms with Crippen molar-refractivity contribution in [3.05, 3.63) is 71.8 Å². The summed E-state index contributed by atoms with van der Waals surface area (Å²) >= 11 is 0. The smallest absolute Gasteiger partial charge is 0.225 e. The Morgan fingerprint density at radius 3 is 2.57 bits per heavy atom. The van der Waals surface area contributed by atoms with E-state index in [2.05, 4.69) is 29.6 Å². The van der Waals surface area contributed by atoms with Crippen molar-refractivity contribution in [2.45, 2.75) is 12.3 Å². The van der Waals surface area contributed by atoms with Gasteiger partial charge in [-0.3, -0.25) is 4.79 Å². The molecule has 0 fully saturated rings. The number of hydrogen-bond donors (Lipinski definition) is 1. The van der Waals surface area contributed by atoms with Crippen molar-refractivity contribution < 1.29 is 9.53 Å². The molecule has 3 aromatic carbocycles. The Labute approximate surface area is 134 Å². The second kappa shape index (κ2) is 5.43. The van der Waals surface area contributed by atoms with E-state index in [0.717, 1.165) is 27.8 Å². The number of benzene rings is 3. The highest BCUT2D eigenvalue weighted by molar-refractivity contribution is 6.06. The number of hydrogen-bond acceptors (Lipinski definition) is 2. The first kappa shape index (κ1) is 13.8. The number of anilines is 1. The van der Waals surface area contributed by atoms with Crippen LogP contribution in [0.5, 0.6) is 5.75 Å². The fourth-order valence-corrected chi connectivity index (χ4v) is 3.34. The summed E-state index contributed by atoms with van der Waals surface area (Å²) in [5.41, 5.74) is 3.26. The first-order valence-corrected chi connectivity index (χ1v) is 7.72. The molecule has 3 aromatic rings. The van der Waals surface area contributed by atoms with Gasteiger partial charge in [-0.15, -0.1) is 0 Å². The lowest BCUT2D eigenvalue weighted by molar-refractivity contribution is -0.116. The molecule has 0 spiro atoms. The third-order valence-corrected chi connectivity index (χ3v) is 4.51. The summed E-state index contributed by atoms with van der Waals surface area (Å²) in [5.74, 6) is 0.969. The number of amides is 1. The summed E-state index contributed by atoms with van der Waals surface area (Å²) in [7, 11) is 1.66. The molecule has 1 N–H and O–H groups in total. The van der Waals surface area contributed by atoms with Gasteiger partial charge in [0.1, 0.15) is 5.75 Å². The zero-order valence-corrected chi connectivity index (χ0v) is 12.9. The van der Waals surface area contributed by atoms with E-state index >= 15 is 0 Å². The second-order valence-corrected chi connectivity index (χ2v) is 5.83. The minimum absolute atomic E-state index is 0.0645. The van der Waals surface area contributed by atoms with E-state index in [1.807, 2.05) is 36.4 Å². The molecule has 0 aromatic heterocycles. The van der Waals surface area contributed by atoms with Gasteiger partial charge in [-0.25, -0.2) is 0 Å². The van der Waals surface area contributed by atoms with Gasteiger partial charge in [0.15, 0.2) is 0 Å². The highest BCUT2D eigenvalue weighted by Crippen LogP contribution is 2.41. The molecular formula is C20H17NO2. The third kappa shape index (κ3) is 2.34. The van der Waals surface area contributed by atoms with Crippen LogP contribution >= 0.6 is 0 Å². The molecule has 0 saturated heterocycles. The Balaban J connectivity index is 1.87. The summed E-state index contributed by atoms with van der Waals surface area (Å²) in [5, 5.41) is 5.30. The summed E-state index contributed by atoms with van der Waals surface area (Å²) < 4.78 is 5.23. The SMILES string of the molecule is COc1ccc([C@@H]2CC(=O)Nc3c2ccc2ccccc32)cc1. The molecule has 1 aliphatic rings. The van der Waals surface area contributed by atoms with Gasteiger partial charge in [-0.1, -0.05) is 48.5 Å². The number of carbonyl (C=O) groups is 1. The van der Waals surface area contributed by atoms with Crippen molar-refractivity contribution in [2.75, 3.05) is 12.4 Å². The number of carbonyl (C=O) groups excluding carboxylic acids is 1. The molecule has 1 heterocycles. The molecule has 3 heteroatoms. The van der Waals surface area contributed by atoms with E-state index in [-0.39, 0.29) is 11.8 Å². The maximum Gasteiger partial charge on any atom is 0.225 e. The highest BCUT2D eigenvalue weighted by Gasteiger charge is 2.27. The van der Waals surface area contributed by atoms with Gasteiger partial charge in [-0.2, -0.15) is 0 Å². The molecule has 0 bridgehead atoms. The topological polar surface area (TPSA) is 38.3 Å². The van der Waals surface area contributed by atoms with Gasteiger partial charge in [0, 0.05) is 17.7 Å². The van der Waals surface area contributed by atoms with Gasteiger partial charge in [0.05, 0.1) is 12.8 Å². The molecule has 1 atom stereocenters. The van der Waals surface area contributed by atoms with E-state index in [4.69, 9.17) is 4.74 Å². The van der Waals surface area contributed by atoms with Crippen LogP contribution in [0.3, 0.4) is 0 Å². The zero-order valence-electron chi connectivity index (χ0n) is 12.9. The van der Waals surface area contributed by atoms with Crippen molar-refractivity contribution in [1.82, 2.24) is 0 Å². The van der Waals surface area contributed by atoms with Crippen LogP contribution in [-0.4, -0.2) is 13.0 Å². The molecule has 0 saturated carbocycles. The number of rotatable bonds is 2. The van der Waals surface area contributed by atoms with Crippen LogP contribution in [0.4, 0.5) is 5.69 Å². The molecule has 1 aliphatic heterocycles. The Hall–Kier alpha value is -2.81. The number of methoxy groups -OCH3 is 1. The van der Waals surface area contributed by atoms with Crippen molar-refractivity contribution in [1.29, 1.82) is 0 Å². The van der Waals surface area contributed by atoms with E-state index in [1.165, 1.54) is 5.56 Å². The van der Waals surface area contributed by atoms with Gasteiger partial charge in [-0.05, 0) is 28.6 Å². The van der Waals surface area contributed by atoms with Crippen LogP contribution < -0.4 is 10.1 Å². The van der Waals surface area contributed by atoms with E-state index < -0.39 is 0 Å². The van der Waals surface area contributed by atoms with Crippen LogP contribution in [0.1, 0.15) is 23.5 Å². The minimum Gasteiger partial charge on any atom is -0.497 e. The lowest BCUT2D eigenvalue weighted by Gasteiger charge is -2.27. The van der Waals surface area contributed by atoms with Gasteiger partial charge < -0.3 is 10.1 Å². The van der Waals surface area contributed by atoms with Crippen LogP contribution in [0.15, 0.2) is 60.7 Å². The molecule has 23 heavy (non-hydrogen) atoms. The zero-order chi connectivity index (χ0) is 15.8. The molecule has 4 rings (SSSR count). The number of nitrogens with one attached hydrogen (secondary N) is 1. The first-order valence-electron chi connectivity index (χ1n) is 7.72. The Kier molecular flexibility index (Phi) is 3.27. The largest absolute Gasteiger partial charge is 0.497 e. The predicted molar refractivity (Wildman–Crippen MR) is 92.0 cm³/mol. The molecule has 1 amide bonds. The van der Waals surface area contributed by atoms with Crippen molar-refractivity contribution in [2.24, 2.45) is 0 Å². The Morgan fingerprint density at radius 2 is 1.78 bits per heavy atom.